The van der Waals surface area contributed by atoms with Gasteiger partial charge in [0, 0.05) is 11.1 Å². The maximum absolute atomic E-state index is 13.0. The van der Waals surface area contributed by atoms with E-state index in [1.807, 2.05) is 0 Å². The number of nitrogens with zero attached hydrogens (tertiary/aromatic N) is 3. The molecule has 15 nitrogen and oxygen atoms in total. The third kappa shape index (κ3) is 5.64. The van der Waals surface area contributed by atoms with Gasteiger partial charge < -0.3 is 30.8 Å². The Morgan fingerprint density at radius 1 is 1.39 bits per heavy atom. The molecule has 3 heterocycles. The molecule has 7 N–H and O–H groups in total. The van der Waals surface area contributed by atoms with E-state index >= 15 is 0 Å². The van der Waals surface area contributed by atoms with E-state index in [0.29, 0.717) is 5.57 Å². The molecule has 0 spiro atoms. The SMILES string of the molecule is C=CC1=C(C(=O)O)N2C(=O)C(NC(=O)C(=NOC(N)C(=O)OCCC(=O)O)c3csc(N)n3)[C@@H]2SC1. The van der Waals surface area contributed by atoms with Crippen molar-refractivity contribution in [1.82, 2.24) is 15.2 Å². The number of hydrogen-bond acceptors (Lipinski definition) is 13. The average molecular weight is 541 g/mol. The first-order chi connectivity index (χ1) is 17.0. The number of aromatic nitrogens is 1. The Labute approximate surface area is 210 Å². The number of thioether (sulfide) groups is 1. The summed E-state index contributed by atoms with van der Waals surface area (Å²) in [5, 5.41) is 24.9. The van der Waals surface area contributed by atoms with Gasteiger partial charge in [0.15, 0.2) is 10.8 Å². The summed E-state index contributed by atoms with van der Waals surface area (Å²) in [6, 6.07) is -1.08. The van der Waals surface area contributed by atoms with Crippen LogP contribution in [0.2, 0.25) is 0 Å². The summed E-state index contributed by atoms with van der Waals surface area (Å²) in [6.07, 6.45) is -0.893. The lowest BCUT2D eigenvalue weighted by Crippen LogP contribution is -2.71. The van der Waals surface area contributed by atoms with Crippen LogP contribution in [-0.2, 0) is 33.5 Å². The van der Waals surface area contributed by atoms with Gasteiger partial charge in [-0.2, -0.15) is 0 Å². The van der Waals surface area contributed by atoms with Crippen LogP contribution < -0.4 is 16.8 Å². The van der Waals surface area contributed by atoms with Gasteiger partial charge in [-0.05, 0) is 5.57 Å². The molecule has 0 aromatic carbocycles. The number of ether oxygens (including phenoxy) is 1. The minimum atomic E-state index is -1.80. The number of hydrogen-bond donors (Lipinski definition) is 5. The number of β-lactam (4-membered cyclic amide) rings is 1. The van der Waals surface area contributed by atoms with Crippen molar-refractivity contribution in [2.24, 2.45) is 10.9 Å². The number of esters is 1. The Morgan fingerprint density at radius 2 is 2.11 bits per heavy atom. The van der Waals surface area contributed by atoms with E-state index in [9.17, 15) is 29.1 Å². The number of allylic oxidation sites excluding steroid dienone is 1. The minimum Gasteiger partial charge on any atom is -0.481 e. The average Bonchev–Trinajstić information content (AvgIpc) is 3.26. The predicted molar refractivity (Wildman–Crippen MR) is 125 cm³/mol. The standard InChI is InChI=1S/C19H20N6O9S2/c1-2-7-5-35-16-11(15(29)25(16)12(7)17(30)31)23-14(28)10(8-6-36-19(21)22-8)24-34-13(20)18(32)33-4-3-9(26)27/h2,6,11,13,16H,1,3-5,20H2,(H2,21,22)(H,23,28)(H,26,27)(H,30,31)/t11?,13?,16-/m0/s1. The van der Waals surface area contributed by atoms with Crippen molar-refractivity contribution in [2.45, 2.75) is 24.1 Å². The molecule has 1 saturated heterocycles. The van der Waals surface area contributed by atoms with Gasteiger partial charge in [0.1, 0.15) is 29.4 Å². The summed E-state index contributed by atoms with van der Waals surface area (Å²) in [6.45, 7) is 3.11. The molecule has 2 amide bonds. The molecule has 1 aromatic heterocycles. The van der Waals surface area contributed by atoms with Crippen LogP contribution >= 0.6 is 23.1 Å². The summed E-state index contributed by atoms with van der Waals surface area (Å²) < 4.78 is 4.64. The zero-order valence-corrected chi connectivity index (χ0v) is 19.9. The second-order valence-corrected chi connectivity index (χ2v) is 9.09. The number of amides is 2. The molecular formula is C19H20N6O9S2. The minimum absolute atomic E-state index is 0.0403. The van der Waals surface area contributed by atoms with Crippen LogP contribution in [0.25, 0.3) is 0 Å². The highest BCUT2D eigenvalue weighted by Crippen LogP contribution is 2.40. The Hall–Kier alpha value is -3.96. The zero-order valence-electron chi connectivity index (χ0n) is 18.3. The summed E-state index contributed by atoms with van der Waals surface area (Å²) >= 11 is 2.21. The maximum atomic E-state index is 13.0. The van der Waals surface area contributed by atoms with Crippen molar-refractivity contribution in [2.75, 3.05) is 18.1 Å². The number of fused-ring (bicyclic) bond motifs is 1. The first-order valence-electron chi connectivity index (χ1n) is 9.98. The fourth-order valence-corrected chi connectivity index (χ4v) is 4.97. The Bertz CT molecular complexity index is 1180. The van der Waals surface area contributed by atoms with E-state index < -0.39 is 66.1 Å². The molecule has 36 heavy (non-hydrogen) atoms. The molecule has 0 bridgehead atoms. The lowest BCUT2D eigenvalue weighted by molar-refractivity contribution is -0.158. The lowest BCUT2D eigenvalue weighted by atomic mass is 10.0. The molecule has 0 aliphatic carbocycles. The molecule has 2 aliphatic rings. The van der Waals surface area contributed by atoms with Crippen LogP contribution in [0.1, 0.15) is 12.1 Å². The number of thiazole rings is 1. The fraction of sp³-hybridized carbons (Fsp3) is 0.316. The molecule has 2 unspecified atom stereocenters. The van der Waals surface area contributed by atoms with Crippen LogP contribution in [-0.4, -0.2) is 85.5 Å². The normalized spacial score (nSPS) is 20.1. The lowest BCUT2D eigenvalue weighted by Gasteiger charge is -2.49. The van der Waals surface area contributed by atoms with Crippen LogP contribution in [0.3, 0.4) is 0 Å². The molecular weight excluding hydrogens is 520 g/mol. The number of anilines is 1. The Balaban J connectivity index is 1.74. The number of oxime groups is 1. The quantitative estimate of drug-likeness (QED) is 0.0720. The maximum Gasteiger partial charge on any atom is 0.365 e. The summed E-state index contributed by atoms with van der Waals surface area (Å²) in [5.74, 6) is -4.95. The van der Waals surface area contributed by atoms with Gasteiger partial charge in [-0.25, -0.2) is 14.6 Å². The van der Waals surface area contributed by atoms with E-state index in [0.717, 1.165) is 16.2 Å². The summed E-state index contributed by atoms with van der Waals surface area (Å²) in [5.41, 5.74) is 10.8. The summed E-state index contributed by atoms with van der Waals surface area (Å²) in [4.78, 5) is 69.6. The van der Waals surface area contributed by atoms with E-state index in [1.165, 1.54) is 23.2 Å². The van der Waals surface area contributed by atoms with Gasteiger partial charge in [0.25, 0.3) is 18.0 Å². The monoisotopic (exact) mass is 540 g/mol. The highest BCUT2D eigenvalue weighted by atomic mass is 32.2. The largest absolute Gasteiger partial charge is 0.481 e. The molecule has 1 aromatic rings. The number of carboxylic acid groups (broad SMARTS) is 2. The number of aliphatic carboxylic acids is 2. The molecule has 17 heteroatoms. The van der Waals surface area contributed by atoms with Gasteiger partial charge in [-0.1, -0.05) is 17.8 Å². The molecule has 1 fully saturated rings. The Morgan fingerprint density at radius 3 is 2.69 bits per heavy atom. The van der Waals surface area contributed by atoms with Gasteiger partial charge in [-0.3, -0.25) is 25.0 Å². The molecule has 0 radical (unpaired) electrons. The highest BCUT2D eigenvalue weighted by Gasteiger charge is 2.54. The zero-order chi connectivity index (χ0) is 26.6. The number of carbonyl (C=O) groups excluding carboxylic acids is 3. The second kappa shape index (κ2) is 11.2. The van der Waals surface area contributed by atoms with Crippen LogP contribution in [0.15, 0.2) is 34.5 Å². The van der Waals surface area contributed by atoms with Crippen molar-refractivity contribution in [3.8, 4) is 0 Å². The number of carbonyl (C=O) groups is 5. The van der Waals surface area contributed by atoms with Crippen molar-refractivity contribution in [3.05, 3.63) is 35.0 Å². The first kappa shape index (κ1) is 26.6. The fourth-order valence-electron chi connectivity index (χ4n) is 3.08. The molecule has 3 rings (SSSR count). The third-order valence-electron chi connectivity index (χ3n) is 4.76. The molecule has 3 atom stereocenters. The van der Waals surface area contributed by atoms with Crippen molar-refractivity contribution < 1.29 is 43.8 Å². The second-order valence-electron chi connectivity index (χ2n) is 7.09. The number of nitrogen functional groups attached to an aromatic ring is 1. The van der Waals surface area contributed by atoms with Gasteiger partial charge in [0.05, 0.1) is 6.42 Å². The van der Waals surface area contributed by atoms with E-state index in [-0.39, 0.29) is 22.3 Å². The number of rotatable bonds is 11. The van der Waals surface area contributed by atoms with Crippen LogP contribution in [0, 0.1) is 0 Å². The van der Waals surface area contributed by atoms with Crippen molar-refractivity contribution in [1.29, 1.82) is 0 Å². The smallest absolute Gasteiger partial charge is 0.365 e. The van der Waals surface area contributed by atoms with Gasteiger partial charge in [-0.15, -0.1) is 23.1 Å². The number of nitrogens with two attached hydrogens (primary N) is 2. The highest BCUT2D eigenvalue weighted by molar-refractivity contribution is 8.00. The van der Waals surface area contributed by atoms with Crippen molar-refractivity contribution >= 4 is 63.7 Å². The number of nitrogens with one attached hydrogen (secondary N) is 1. The van der Waals surface area contributed by atoms with E-state index in [4.69, 9.17) is 21.4 Å². The van der Waals surface area contributed by atoms with Crippen molar-refractivity contribution in [3.63, 3.8) is 0 Å². The van der Waals surface area contributed by atoms with E-state index in [2.05, 4.69) is 26.8 Å². The summed E-state index contributed by atoms with van der Waals surface area (Å²) in [7, 11) is 0. The van der Waals surface area contributed by atoms with Gasteiger partial charge >= 0.3 is 17.9 Å². The van der Waals surface area contributed by atoms with E-state index in [1.54, 1.807) is 0 Å². The first-order valence-corrected chi connectivity index (χ1v) is 11.9. The van der Waals surface area contributed by atoms with Crippen LogP contribution in [0.5, 0.6) is 0 Å². The Kier molecular flexibility index (Phi) is 8.28. The molecule has 192 valence electrons. The molecule has 0 saturated carbocycles. The third-order valence-corrected chi connectivity index (χ3v) is 6.74. The van der Waals surface area contributed by atoms with Crippen LogP contribution in [0.4, 0.5) is 5.13 Å². The number of carboxylic acids is 2. The predicted octanol–water partition coefficient (Wildman–Crippen LogP) is -1.33. The van der Waals surface area contributed by atoms with Gasteiger partial charge in [0.2, 0.25) is 0 Å². The molecule has 2 aliphatic heterocycles. The topological polar surface area (TPSA) is 237 Å².